The number of furan rings is 1. The van der Waals surface area contributed by atoms with Gasteiger partial charge in [-0.1, -0.05) is 18.2 Å². The van der Waals surface area contributed by atoms with E-state index in [1.807, 2.05) is 35.2 Å². The minimum Gasteiger partial charge on any atom is -0.504 e. The lowest BCUT2D eigenvalue weighted by molar-refractivity contribution is -0.137. The predicted octanol–water partition coefficient (Wildman–Crippen LogP) is 6.24. The molecule has 0 bridgehead atoms. The van der Waals surface area contributed by atoms with Crippen molar-refractivity contribution >= 4 is 11.5 Å². The molecular formula is C23H25F3N2O2. The van der Waals surface area contributed by atoms with Crippen LogP contribution in [0.1, 0.15) is 43.9 Å². The van der Waals surface area contributed by atoms with Crippen LogP contribution in [0.2, 0.25) is 0 Å². The third kappa shape index (κ3) is 3.93. The van der Waals surface area contributed by atoms with Gasteiger partial charge in [0.15, 0.2) is 11.5 Å². The van der Waals surface area contributed by atoms with Gasteiger partial charge in [-0.05, 0) is 56.5 Å². The van der Waals surface area contributed by atoms with Crippen LogP contribution >= 0.6 is 0 Å². The number of rotatable bonds is 4. The smallest absolute Gasteiger partial charge is 0.416 e. The summed E-state index contributed by atoms with van der Waals surface area (Å²) >= 11 is 0. The second kappa shape index (κ2) is 8.13. The summed E-state index contributed by atoms with van der Waals surface area (Å²) in [5, 5.41) is 11.1. The number of alkyl halides is 3. The average Bonchev–Trinajstić information content (AvgIpc) is 3.11. The number of piperidine rings is 1. The van der Waals surface area contributed by atoms with Crippen LogP contribution in [0.4, 0.5) is 19.1 Å². The zero-order valence-corrected chi connectivity index (χ0v) is 16.9. The first-order chi connectivity index (χ1) is 14.4. The molecule has 0 aliphatic carbocycles. The van der Waals surface area contributed by atoms with Crippen LogP contribution in [0.5, 0.6) is 5.75 Å². The van der Waals surface area contributed by atoms with E-state index >= 15 is 0 Å². The van der Waals surface area contributed by atoms with Crippen LogP contribution in [-0.2, 0) is 6.18 Å². The zero-order valence-electron chi connectivity index (χ0n) is 16.9. The molecule has 2 aliphatic rings. The van der Waals surface area contributed by atoms with Crippen LogP contribution < -0.4 is 4.90 Å². The van der Waals surface area contributed by atoms with Gasteiger partial charge in [0.2, 0.25) is 5.88 Å². The zero-order chi connectivity index (χ0) is 21.3. The molecule has 0 saturated carbocycles. The quantitative estimate of drug-likeness (QED) is 0.638. The normalized spacial score (nSPS) is 17.4. The molecule has 1 saturated heterocycles. The first-order valence-corrected chi connectivity index (χ1v) is 10.3. The number of nitrogens with zero attached hydrogens (tertiary/aromatic N) is 2. The molecule has 1 N–H and O–H groups in total. The summed E-state index contributed by atoms with van der Waals surface area (Å²) in [6.45, 7) is 4.27. The number of hydrogen-bond acceptors (Lipinski definition) is 4. The standard InChI is InChI=1S/C23H25F3N2O2/c1-2-27-11-7-9-17(15-27)21-20(29)19(22(30-21)28-12-4-3-5-13-28)16-8-6-10-18(14-16)23(24,25)26/h6-8,10-11,14-15,29H,2-5,9,12-13H2,1H3. The second-order valence-corrected chi connectivity index (χ2v) is 7.66. The Morgan fingerprint density at radius 1 is 1.13 bits per heavy atom. The lowest BCUT2D eigenvalue weighted by Crippen LogP contribution is -2.29. The highest BCUT2D eigenvalue weighted by molar-refractivity contribution is 5.87. The van der Waals surface area contributed by atoms with E-state index in [0.29, 0.717) is 29.2 Å². The molecule has 0 radical (unpaired) electrons. The molecular weight excluding hydrogens is 393 g/mol. The van der Waals surface area contributed by atoms with Crippen molar-refractivity contribution < 1.29 is 22.7 Å². The fourth-order valence-electron chi connectivity index (χ4n) is 4.02. The van der Waals surface area contributed by atoms with E-state index in [1.54, 1.807) is 6.07 Å². The van der Waals surface area contributed by atoms with Crippen molar-refractivity contribution in [3.63, 3.8) is 0 Å². The van der Waals surface area contributed by atoms with E-state index in [9.17, 15) is 18.3 Å². The van der Waals surface area contributed by atoms with Crippen molar-refractivity contribution in [3.05, 3.63) is 54.1 Å². The van der Waals surface area contributed by atoms with Crippen LogP contribution in [0.3, 0.4) is 0 Å². The van der Waals surface area contributed by atoms with Gasteiger partial charge in [-0.15, -0.1) is 0 Å². The summed E-state index contributed by atoms with van der Waals surface area (Å²) in [4.78, 5) is 4.00. The van der Waals surface area contributed by atoms with E-state index in [2.05, 4.69) is 0 Å². The van der Waals surface area contributed by atoms with Crippen molar-refractivity contribution in [1.82, 2.24) is 4.90 Å². The lowest BCUT2D eigenvalue weighted by Gasteiger charge is -2.27. The summed E-state index contributed by atoms with van der Waals surface area (Å²) in [5.74, 6) is 0.665. The Morgan fingerprint density at radius 2 is 1.90 bits per heavy atom. The highest BCUT2D eigenvalue weighted by Gasteiger charge is 2.33. The van der Waals surface area contributed by atoms with Crippen LogP contribution in [0.25, 0.3) is 16.7 Å². The number of halogens is 3. The van der Waals surface area contributed by atoms with Gasteiger partial charge in [0.25, 0.3) is 0 Å². The van der Waals surface area contributed by atoms with E-state index in [4.69, 9.17) is 4.42 Å². The first-order valence-electron chi connectivity index (χ1n) is 10.3. The molecule has 2 aromatic rings. The van der Waals surface area contributed by atoms with Gasteiger partial charge in [-0.25, -0.2) is 0 Å². The fourth-order valence-corrected chi connectivity index (χ4v) is 4.02. The summed E-state index contributed by atoms with van der Waals surface area (Å²) in [6.07, 6.45) is 5.04. The molecule has 2 aliphatic heterocycles. The fraction of sp³-hybridized carbons (Fsp3) is 0.391. The molecule has 30 heavy (non-hydrogen) atoms. The third-order valence-corrected chi connectivity index (χ3v) is 5.60. The van der Waals surface area contributed by atoms with Crippen molar-refractivity contribution in [3.8, 4) is 16.9 Å². The molecule has 1 aromatic heterocycles. The Labute approximate surface area is 173 Å². The molecule has 4 rings (SSSR count). The molecule has 0 atom stereocenters. The Bertz CT molecular complexity index is 969. The molecule has 1 fully saturated rings. The van der Waals surface area contributed by atoms with Crippen molar-refractivity contribution in [1.29, 1.82) is 0 Å². The number of benzene rings is 1. The maximum absolute atomic E-state index is 13.3. The highest BCUT2D eigenvalue weighted by atomic mass is 19.4. The van der Waals surface area contributed by atoms with Crippen LogP contribution in [-0.4, -0.2) is 29.6 Å². The SMILES string of the molecule is CCN1C=CCC(c2oc(N3CCCCC3)c(-c3cccc(C(F)(F)F)c3)c2O)=C1. The van der Waals surface area contributed by atoms with E-state index in [1.165, 1.54) is 6.07 Å². The topological polar surface area (TPSA) is 39.9 Å². The molecule has 0 spiro atoms. The van der Waals surface area contributed by atoms with Gasteiger partial charge < -0.3 is 19.3 Å². The molecule has 7 heteroatoms. The van der Waals surface area contributed by atoms with Gasteiger partial charge in [0.1, 0.15) is 0 Å². The maximum Gasteiger partial charge on any atom is 0.416 e. The predicted molar refractivity (Wildman–Crippen MR) is 111 cm³/mol. The third-order valence-electron chi connectivity index (χ3n) is 5.60. The van der Waals surface area contributed by atoms with Gasteiger partial charge >= 0.3 is 6.18 Å². The molecule has 0 amide bonds. The number of aromatic hydroxyl groups is 1. The highest BCUT2D eigenvalue weighted by Crippen LogP contribution is 2.48. The van der Waals surface area contributed by atoms with Crippen LogP contribution in [0.15, 0.2) is 47.2 Å². The van der Waals surface area contributed by atoms with Crippen molar-refractivity contribution in [2.75, 3.05) is 24.5 Å². The van der Waals surface area contributed by atoms with E-state index < -0.39 is 11.7 Å². The largest absolute Gasteiger partial charge is 0.504 e. The van der Waals surface area contributed by atoms with Gasteiger partial charge in [0, 0.05) is 31.4 Å². The molecule has 1 aromatic carbocycles. The Morgan fingerprint density at radius 3 is 2.60 bits per heavy atom. The Hall–Kier alpha value is -2.83. The first kappa shape index (κ1) is 20.4. The number of anilines is 1. The number of hydrogen-bond donors (Lipinski definition) is 1. The Kier molecular flexibility index (Phi) is 5.54. The van der Waals surface area contributed by atoms with Gasteiger partial charge in [-0.3, -0.25) is 0 Å². The molecule has 3 heterocycles. The summed E-state index contributed by atoms with van der Waals surface area (Å²) < 4.78 is 46.1. The minimum absolute atomic E-state index is 0.104. The summed E-state index contributed by atoms with van der Waals surface area (Å²) in [5.41, 5.74) is 0.686. The van der Waals surface area contributed by atoms with Gasteiger partial charge in [-0.2, -0.15) is 13.2 Å². The number of allylic oxidation sites excluding steroid dienone is 2. The molecule has 160 valence electrons. The lowest BCUT2D eigenvalue weighted by atomic mass is 10.0. The second-order valence-electron chi connectivity index (χ2n) is 7.66. The van der Waals surface area contributed by atoms with E-state index in [0.717, 1.165) is 56.6 Å². The van der Waals surface area contributed by atoms with Gasteiger partial charge in [0.05, 0.1) is 11.1 Å². The monoisotopic (exact) mass is 418 g/mol. The van der Waals surface area contributed by atoms with Crippen molar-refractivity contribution in [2.45, 2.75) is 38.8 Å². The van der Waals surface area contributed by atoms with Crippen molar-refractivity contribution in [2.24, 2.45) is 0 Å². The minimum atomic E-state index is -4.46. The Balaban J connectivity index is 1.84. The van der Waals surface area contributed by atoms with Crippen LogP contribution in [0, 0.1) is 0 Å². The average molecular weight is 418 g/mol. The molecule has 4 nitrogen and oxygen atoms in total. The maximum atomic E-state index is 13.3. The molecule has 0 unspecified atom stereocenters. The van der Waals surface area contributed by atoms with E-state index in [-0.39, 0.29) is 5.75 Å². The summed E-state index contributed by atoms with van der Waals surface area (Å²) in [7, 11) is 0. The summed E-state index contributed by atoms with van der Waals surface area (Å²) in [6, 6.07) is 5.07.